The van der Waals surface area contributed by atoms with Crippen molar-refractivity contribution in [1.82, 2.24) is 4.98 Å². The van der Waals surface area contributed by atoms with Gasteiger partial charge in [-0.2, -0.15) is 0 Å². The van der Waals surface area contributed by atoms with E-state index in [-0.39, 0.29) is 0 Å². The Balaban J connectivity index is 2.82. The molecule has 0 amide bonds. The van der Waals surface area contributed by atoms with Gasteiger partial charge in [-0.25, -0.2) is 0 Å². The van der Waals surface area contributed by atoms with Gasteiger partial charge in [-0.1, -0.05) is 26.7 Å². The van der Waals surface area contributed by atoms with Crippen LogP contribution in [0.5, 0.6) is 0 Å². The Hall–Kier alpha value is -0.620. The molecular formula is C13H22NOP. The maximum Gasteiger partial charge on any atom is 0.115 e. The van der Waals surface area contributed by atoms with Crippen LogP contribution in [-0.4, -0.2) is 17.3 Å². The highest BCUT2D eigenvalue weighted by molar-refractivity contribution is 7.71. The molecule has 0 N–H and O–H groups in total. The molecule has 0 fully saturated rings. The van der Waals surface area contributed by atoms with Crippen LogP contribution in [0.4, 0.5) is 0 Å². The minimum Gasteiger partial charge on any atom is -0.319 e. The number of hydrogen-bond acceptors (Lipinski definition) is 2. The fourth-order valence-electron chi connectivity index (χ4n) is 1.81. The molecule has 1 rings (SSSR count). The van der Waals surface area contributed by atoms with E-state index < -0.39 is 7.14 Å². The van der Waals surface area contributed by atoms with Gasteiger partial charge in [0.25, 0.3) is 0 Å². The number of nitrogens with zero attached hydrogens (tertiary/aromatic N) is 1. The molecule has 1 heterocycles. The zero-order valence-electron chi connectivity index (χ0n) is 10.4. The molecule has 0 aliphatic carbocycles. The van der Waals surface area contributed by atoms with E-state index in [4.69, 9.17) is 0 Å². The van der Waals surface area contributed by atoms with Crippen molar-refractivity contribution in [2.75, 3.05) is 12.3 Å². The highest BCUT2D eigenvalue weighted by Gasteiger charge is 2.22. The molecule has 0 atom stereocenters. The van der Waals surface area contributed by atoms with Crippen molar-refractivity contribution < 1.29 is 4.57 Å². The summed E-state index contributed by atoms with van der Waals surface area (Å²) in [6, 6.07) is 3.85. The Morgan fingerprint density at radius 2 is 1.56 bits per heavy atom. The second-order valence-corrected chi connectivity index (χ2v) is 7.44. The molecule has 90 valence electrons. The summed E-state index contributed by atoms with van der Waals surface area (Å²) in [6.45, 7) is 4.30. The van der Waals surface area contributed by atoms with Gasteiger partial charge in [-0.3, -0.25) is 4.98 Å². The van der Waals surface area contributed by atoms with Crippen molar-refractivity contribution in [3.63, 3.8) is 0 Å². The van der Waals surface area contributed by atoms with Crippen LogP contribution in [0, 0.1) is 0 Å². The normalized spacial score (nSPS) is 11.6. The Morgan fingerprint density at radius 3 is 2.00 bits per heavy atom. The van der Waals surface area contributed by atoms with Crippen LogP contribution in [0.25, 0.3) is 0 Å². The summed E-state index contributed by atoms with van der Waals surface area (Å²) in [4.78, 5) is 4.00. The molecule has 0 bridgehead atoms. The molecule has 0 saturated heterocycles. The molecule has 1 aromatic rings. The van der Waals surface area contributed by atoms with Gasteiger partial charge in [0.15, 0.2) is 0 Å². The van der Waals surface area contributed by atoms with E-state index in [1.54, 1.807) is 12.4 Å². The minimum atomic E-state index is -2.14. The van der Waals surface area contributed by atoms with Crippen molar-refractivity contribution in [2.24, 2.45) is 0 Å². The Kier molecular flexibility index (Phi) is 5.76. The summed E-state index contributed by atoms with van der Waals surface area (Å²) < 4.78 is 12.9. The van der Waals surface area contributed by atoms with Crippen molar-refractivity contribution in [1.29, 1.82) is 0 Å². The lowest BCUT2D eigenvalue weighted by Crippen LogP contribution is -2.11. The van der Waals surface area contributed by atoms with E-state index >= 15 is 0 Å². The van der Waals surface area contributed by atoms with E-state index in [0.29, 0.717) is 0 Å². The van der Waals surface area contributed by atoms with Crippen LogP contribution in [0.3, 0.4) is 0 Å². The average molecular weight is 239 g/mol. The van der Waals surface area contributed by atoms with Crippen molar-refractivity contribution in [2.45, 2.75) is 39.5 Å². The van der Waals surface area contributed by atoms with Crippen LogP contribution < -0.4 is 5.30 Å². The van der Waals surface area contributed by atoms with Crippen molar-refractivity contribution in [3.8, 4) is 0 Å². The van der Waals surface area contributed by atoms with Crippen molar-refractivity contribution in [3.05, 3.63) is 24.5 Å². The Morgan fingerprint density at radius 1 is 1.06 bits per heavy atom. The zero-order chi connectivity index (χ0) is 11.9. The minimum absolute atomic E-state index is 0.855. The third kappa shape index (κ3) is 3.75. The molecule has 0 radical (unpaired) electrons. The third-order valence-electron chi connectivity index (χ3n) is 2.88. The van der Waals surface area contributed by atoms with Gasteiger partial charge in [0, 0.05) is 30.0 Å². The smallest absolute Gasteiger partial charge is 0.115 e. The SMILES string of the molecule is CCCCP(=O)(CCCC)c1ccncc1. The third-order valence-corrected chi connectivity index (χ3v) is 6.20. The summed E-state index contributed by atoms with van der Waals surface area (Å²) in [5, 5.41) is 1.02. The van der Waals surface area contributed by atoms with Crippen LogP contribution in [-0.2, 0) is 4.57 Å². The number of pyridine rings is 1. The second-order valence-electron chi connectivity index (χ2n) is 4.25. The average Bonchev–Trinajstić information content (AvgIpc) is 2.35. The molecule has 0 unspecified atom stereocenters. The number of unbranched alkanes of at least 4 members (excludes halogenated alkanes) is 2. The maximum absolute atomic E-state index is 12.9. The monoisotopic (exact) mass is 239 g/mol. The van der Waals surface area contributed by atoms with Gasteiger partial charge in [0.05, 0.1) is 0 Å². The lowest BCUT2D eigenvalue weighted by Gasteiger charge is -2.17. The molecular weight excluding hydrogens is 217 g/mol. The summed E-state index contributed by atoms with van der Waals surface area (Å²) >= 11 is 0. The summed E-state index contributed by atoms with van der Waals surface area (Å²) in [5.74, 6) is 0. The number of aromatic nitrogens is 1. The largest absolute Gasteiger partial charge is 0.319 e. The second kappa shape index (κ2) is 6.85. The Labute approximate surface area is 98.9 Å². The van der Waals surface area contributed by atoms with Gasteiger partial charge in [0.1, 0.15) is 7.14 Å². The highest BCUT2D eigenvalue weighted by atomic mass is 31.2. The predicted octanol–water partition coefficient (Wildman–Crippen LogP) is 3.67. The number of rotatable bonds is 7. The van der Waals surface area contributed by atoms with Gasteiger partial charge in [0.2, 0.25) is 0 Å². The Bertz CT molecular complexity index is 325. The van der Waals surface area contributed by atoms with Crippen LogP contribution in [0.1, 0.15) is 39.5 Å². The molecule has 0 saturated carbocycles. The molecule has 2 nitrogen and oxygen atoms in total. The summed E-state index contributed by atoms with van der Waals surface area (Å²) in [5.41, 5.74) is 0. The zero-order valence-corrected chi connectivity index (χ0v) is 11.2. The molecule has 0 aliphatic rings. The maximum atomic E-state index is 12.9. The standard InChI is InChI=1S/C13H22NOP/c1-3-5-11-16(15,12-6-4-2)13-7-9-14-10-8-13/h7-10H,3-6,11-12H2,1-2H3. The van der Waals surface area contributed by atoms with Crippen LogP contribution >= 0.6 is 7.14 Å². The summed E-state index contributed by atoms with van der Waals surface area (Å²) in [6.07, 6.45) is 9.55. The lowest BCUT2D eigenvalue weighted by molar-refractivity contribution is 0.576. The topological polar surface area (TPSA) is 30.0 Å². The van der Waals surface area contributed by atoms with Crippen LogP contribution in [0.15, 0.2) is 24.5 Å². The molecule has 0 spiro atoms. The van der Waals surface area contributed by atoms with Crippen LogP contribution in [0.2, 0.25) is 0 Å². The first-order chi connectivity index (χ1) is 7.73. The van der Waals surface area contributed by atoms with E-state index in [2.05, 4.69) is 18.8 Å². The first-order valence-corrected chi connectivity index (χ1v) is 8.29. The number of hydrogen-bond donors (Lipinski definition) is 0. The lowest BCUT2D eigenvalue weighted by atomic mass is 10.4. The van der Waals surface area contributed by atoms with Gasteiger partial charge < -0.3 is 4.57 Å². The molecule has 16 heavy (non-hydrogen) atoms. The van der Waals surface area contributed by atoms with Gasteiger partial charge in [-0.05, 0) is 25.0 Å². The molecule has 0 aromatic carbocycles. The molecule has 1 aromatic heterocycles. The van der Waals surface area contributed by atoms with E-state index in [1.807, 2.05) is 12.1 Å². The first kappa shape index (κ1) is 13.4. The van der Waals surface area contributed by atoms with E-state index in [9.17, 15) is 4.57 Å². The molecule has 0 aliphatic heterocycles. The fourth-order valence-corrected chi connectivity index (χ4v) is 4.88. The first-order valence-electron chi connectivity index (χ1n) is 6.21. The molecule has 3 heteroatoms. The van der Waals surface area contributed by atoms with Crippen molar-refractivity contribution >= 4 is 12.4 Å². The predicted molar refractivity (Wildman–Crippen MR) is 71.0 cm³/mol. The van der Waals surface area contributed by atoms with Gasteiger partial charge >= 0.3 is 0 Å². The quantitative estimate of drug-likeness (QED) is 0.679. The fraction of sp³-hybridized carbons (Fsp3) is 0.615. The van der Waals surface area contributed by atoms with Gasteiger partial charge in [-0.15, -0.1) is 0 Å². The summed E-state index contributed by atoms with van der Waals surface area (Å²) in [7, 11) is -2.14. The highest BCUT2D eigenvalue weighted by Crippen LogP contribution is 2.45. The van der Waals surface area contributed by atoms with E-state index in [0.717, 1.165) is 43.3 Å². The van der Waals surface area contributed by atoms with E-state index in [1.165, 1.54) is 0 Å².